The second-order valence-electron chi connectivity index (χ2n) is 1.40. The highest BCUT2D eigenvalue weighted by Crippen LogP contribution is 2.23. The quantitative estimate of drug-likeness (QED) is 0.496. The largest absolute Gasteiger partial charge is 0.369 e. The van der Waals surface area contributed by atoms with Crippen LogP contribution in [0.25, 0.3) is 0 Å². The molecule has 1 aliphatic rings. The van der Waals surface area contributed by atoms with E-state index in [1.54, 1.807) is 0 Å². The van der Waals surface area contributed by atoms with Crippen molar-refractivity contribution in [1.82, 2.24) is 5.32 Å². The van der Waals surface area contributed by atoms with Crippen LogP contribution in [0.2, 0.25) is 0 Å². The summed E-state index contributed by atoms with van der Waals surface area (Å²) < 4.78 is 0. The van der Waals surface area contributed by atoms with E-state index < -0.39 is 6.23 Å². The number of aliphatic hydroxyl groups excluding tert-OH is 1. The van der Waals surface area contributed by atoms with E-state index >= 15 is 0 Å². The monoisotopic (exact) mass is 131 g/mol. The maximum atomic E-state index is 10.3. The summed E-state index contributed by atoms with van der Waals surface area (Å²) in [5, 5.41) is 10.7. The summed E-state index contributed by atoms with van der Waals surface area (Å²) >= 11 is 0.934. The molecule has 1 unspecified atom stereocenters. The third-order valence-corrected chi connectivity index (χ3v) is 1.57. The summed E-state index contributed by atoms with van der Waals surface area (Å²) in [4.78, 5) is 10.8. The molecule has 0 saturated carbocycles. The Balaban J connectivity index is 2.64. The van der Waals surface area contributed by atoms with Crippen molar-refractivity contribution in [3.8, 4) is 0 Å². The van der Waals surface area contributed by atoms with E-state index in [4.69, 9.17) is 5.11 Å². The van der Waals surface area contributed by atoms with Crippen LogP contribution in [0.4, 0.5) is 4.79 Å². The molecular weight excluding hydrogens is 126 g/mol. The van der Waals surface area contributed by atoms with Gasteiger partial charge in [0.25, 0.3) is 5.24 Å². The summed E-state index contributed by atoms with van der Waals surface area (Å²) in [5.74, 6) is 0. The van der Waals surface area contributed by atoms with E-state index in [0.29, 0.717) is 4.91 Å². The van der Waals surface area contributed by atoms with Crippen LogP contribution >= 0.6 is 11.8 Å². The van der Waals surface area contributed by atoms with Crippen LogP contribution in [-0.2, 0) is 0 Å². The first kappa shape index (κ1) is 5.65. The molecule has 1 atom stereocenters. The van der Waals surface area contributed by atoms with Crippen molar-refractivity contribution >= 4 is 17.0 Å². The minimum absolute atomic E-state index is 0.234. The van der Waals surface area contributed by atoms with Crippen molar-refractivity contribution in [2.75, 3.05) is 0 Å². The first-order valence-electron chi connectivity index (χ1n) is 2.05. The molecular formula is C4H5NO2S. The minimum Gasteiger partial charge on any atom is -0.369 e. The number of thioether (sulfide) groups is 1. The Labute approximate surface area is 50.8 Å². The lowest BCUT2D eigenvalue weighted by molar-refractivity contribution is 0.192. The Morgan fingerprint density at radius 1 is 1.88 bits per heavy atom. The first-order chi connectivity index (χ1) is 3.70. The maximum Gasteiger partial charge on any atom is 0.285 e. The molecule has 1 amide bonds. The Kier molecular flexibility index (Phi) is 1.27. The Bertz CT molecular complexity index is 145. The normalized spacial score (nSPS) is 28.4. The third-order valence-electron chi connectivity index (χ3n) is 0.783. The lowest BCUT2D eigenvalue weighted by atomic mass is 10.5. The van der Waals surface area contributed by atoms with Crippen LogP contribution < -0.4 is 5.32 Å². The number of rotatable bonds is 0. The van der Waals surface area contributed by atoms with Gasteiger partial charge in [0.1, 0.15) is 0 Å². The van der Waals surface area contributed by atoms with Gasteiger partial charge < -0.3 is 10.4 Å². The zero-order valence-electron chi connectivity index (χ0n) is 4.05. The maximum absolute atomic E-state index is 10.3. The fraction of sp³-hybridized carbons (Fsp3) is 0.250. The Morgan fingerprint density at radius 2 is 2.50 bits per heavy atom. The predicted molar refractivity (Wildman–Crippen MR) is 31.3 cm³/mol. The number of hydrogen-bond donors (Lipinski definition) is 2. The van der Waals surface area contributed by atoms with Gasteiger partial charge in [0, 0.05) is 4.91 Å². The minimum atomic E-state index is -0.840. The molecule has 0 aromatic carbocycles. The number of carbonyl (C=O) groups is 1. The summed E-state index contributed by atoms with van der Waals surface area (Å²) in [7, 11) is 0. The van der Waals surface area contributed by atoms with Crippen molar-refractivity contribution in [2.24, 2.45) is 0 Å². The Hall–Kier alpha value is -0.480. The lowest BCUT2D eigenvalue weighted by Gasteiger charge is -1.96. The van der Waals surface area contributed by atoms with Crippen LogP contribution in [0.15, 0.2) is 11.5 Å². The molecule has 0 bridgehead atoms. The van der Waals surface area contributed by atoms with Crippen LogP contribution in [0.3, 0.4) is 0 Å². The van der Waals surface area contributed by atoms with E-state index in [2.05, 4.69) is 11.9 Å². The fourth-order valence-electron chi connectivity index (χ4n) is 0.396. The van der Waals surface area contributed by atoms with Gasteiger partial charge in [0.2, 0.25) is 0 Å². The average molecular weight is 131 g/mol. The molecule has 1 rings (SSSR count). The molecule has 1 fully saturated rings. The second kappa shape index (κ2) is 1.80. The summed E-state index contributed by atoms with van der Waals surface area (Å²) in [5.41, 5.74) is 0. The zero-order chi connectivity index (χ0) is 6.15. The molecule has 0 aromatic heterocycles. The number of nitrogens with one attached hydrogen (secondary N) is 1. The summed E-state index contributed by atoms with van der Waals surface area (Å²) in [6, 6.07) is 0. The van der Waals surface area contributed by atoms with Gasteiger partial charge in [-0.15, -0.1) is 0 Å². The van der Waals surface area contributed by atoms with Crippen molar-refractivity contribution in [3.63, 3.8) is 0 Å². The number of amides is 1. The van der Waals surface area contributed by atoms with Gasteiger partial charge in [-0.2, -0.15) is 0 Å². The molecule has 2 N–H and O–H groups in total. The van der Waals surface area contributed by atoms with Gasteiger partial charge in [-0.3, -0.25) is 4.79 Å². The average Bonchev–Trinajstić information content (AvgIpc) is 1.85. The SMILES string of the molecule is C=C1SC(=O)NC1O. The highest BCUT2D eigenvalue weighted by atomic mass is 32.2. The molecule has 0 aromatic rings. The van der Waals surface area contributed by atoms with Crippen LogP contribution in [-0.4, -0.2) is 16.6 Å². The molecule has 8 heavy (non-hydrogen) atoms. The highest BCUT2D eigenvalue weighted by molar-refractivity contribution is 8.17. The van der Waals surface area contributed by atoms with E-state index in [1.165, 1.54) is 0 Å². The van der Waals surface area contributed by atoms with Crippen LogP contribution in [0.5, 0.6) is 0 Å². The third kappa shape index (κ3) is 0.850. The molecule has 44 valence electrons. The zero-order valence-corrected chi connectivity index (χ0v) is 4.86. The van der Waals surface area contributed by atoms with Crippen LogP contribution in [0.1, 0.15) is 0 Å². The summed E-state index contributed by atoms with van der Waals surface area (Å²) in [6.45, 7) is 3.42. The van der Waals surface area contributed by atoms with Gasteiger partial charge in [-0.25, -0.2) is 0 Å². The Morgan fingerprint density at radius 3 is 2.62 bits per heavy atom. The van der Waals surface area contributed by atoms with Gasteiger partial charge >= 0.3 is 0 Å². The van der Waals surface area contributed by atoms with E-state index in [9.17, 15) is 4.79 Å². The van der Waals surface area contributed by atoms with Crippen LogP contribution in [0, 0.1) is 0 Å². The van der Waals surface area contributed by atoms with Gasteiger partial charge in [-0.1, -0.05) is 6.58 Å². The summed E-state index contributed by atoms with van der Waals surface area (Å²) in [6.07, 6.45) is -0.840. The van der Waals surface area contributed by atoms with E-state index in [-0.39, 0.29) is 5.24 Å². The first-order valence-corrected chi connectivity index (χ1v) is 2.87. The van der Waals surface area contributed by atoms with Gasteiger partial charge in [-0.05, 0) is 11.8 Å². The van der Waals surface area contributed by atoms with Crippen molar-refractivity contribution in [3.05, 3.63) is 11.5 Å². The van der Waals surface area contributed by atoms with Crippen molar-refractivity contribution < 1.29 is 9.90 Å². The topological polar surface area (TPSA) is 49.3 Å². The molecule has 1 aliphatic heterocycles. The molecule has 1 heterocycles. The lowest BCUT2D eigenvalue weighted by Crippen LogP contribution is -2.23. The molecule has 4 heteroatoms. The molecule has 0 spiro atoms. The van der Waals surface area contributed by atoms with Crippen molar-refractivity contribution in [2.45, 2.75) is 6.23 Å². The molecule has 0 aliphatic carbocycles. The number of hydrogen-bond acceptors (Lipinski definition) is 3. The highest BCUT2D eigenvalue weighted by Gasteiger charge is 2.22. The number of aliphatic hydroxyl groups is 1. The molecule has 3 nitrogen and oxygen atoms in total. The predicted octanol–water partition coefficient (Wildman–Crippen LogP) is 0.275. The fourth-order valence-corrected chi connectivity index (χ4v) is 0.976. The van der Waals surface area contributed by atoms with Gasteiger partial charge in [0.15, 0.2) is 6.23 Å². The standard InChI is InChI=1S/C4H5NO2S/c1-2-3(6)5-4(7)8-2/h3,6H,1H2,(H,5,7). The van der Waals surface area contributed by atoms with Gasteiger partial charge in [0.05, 0.1) is 0 Å². The van der Waals surface area contributed by atoms with E-state index in [0.717, 1.165) is 11.8 Å². The van der Waals surface area contributed by atoms with Crippen molar-refractivity contribution in [1.29, 1.82) is 0 Å². The second-order valence-corrected chi connectivity index (χ2v) is 2.50. The molecule has 0 radical (unpaired) electrons. The van der Waals surface area contributed by atoms with E-state index in [1.807, 2.05) is 0 Å². The smallest absolute Gasteiger partial charge is 0.285 e. The molecule has 1 saturated heterocycles. The number of carbonyl (C=O) groups excluding carboxylic acids is 1.